The van der Waals surface area contributed by atoms with Gasteiger partial charge in [0.2, 0.25) is 5.91 Å². The number of hydrogen-bond donors (Lipinski definition) is 1. The lowest BCUT2D eigenvalue weighted by Gasteiger charge is -2.36. The van der Waals surface area contributed by atoms with E-state index in [0.29, 0.717) is 31.1 Å². The SMILES string of the molecule is O=C(Nc1c2c(nn1-c1ccc(Cl)cc1)CSC2)C1(c2ccccc2)CCOCC1. The zero-order valence-corrected chi connectivity index (χ0v) is 18.0. The van der Waals surface area contributed by atoms with Crippen molar-refractivity contribution in [3.63, 3.8) is 0 Å². The van der Waals surface area contributed by atoms with Gasteiger partial charge in [0.05, 0.1) is 16.8 Å². The summed E-state index contributed by atoms with van der Waals surface area (Å²) in [7, 11) is 0. The van der Waals surface area contributed by atoms with Crippen molar-refractivity contribution in [3.8, 4) is 5.69 Å². The number of aromatic nitrogens is 2. The molecule has 0 spiro atoms. The first kappa shape index (κ1) is 19.7. The number of nitrogens with one attached hydrogen (secondary N) is 1. The topological polar surface area (TPSA) is 56.2 Å². The molecule has 0 saturated carbocycles. The fourth-order valence-corrected chi connectivity index (χ4v) is 5.42. The third-order valence-corrected chi connectivity index (χ3v) is 7.18. The maximum Gasteiger partial charge on any atom is 0.236 e. The molecule has 3 aromatic rings. The second-order valence-electron chi connectivity index (χ2n) is 7.67. The van der Waals surface area contributed by atoms with E-state index in [-0.39, 0.29) is 5.91 Å². The fourth-order valence-electron chi connectivity index (χ4n) is 4.26. The maximum absolute atomic E-state index is 13.8. The van der Waals surface area contributed by atoms with Gasteiger partial charge >= 0.3 is 0 Å². The highest BCUT2D eigenvalue weighted by atomic mass is 35.5. The van der Waals surface area contributed by atoms with Crippen LogP contribution in [0.3, 0.4) is 0 Å². The van der Waals surface area contributed by atoms with Crippen molar-refractivity contribution in [2.75, 3.05) is 18.5 Å². The summed E-state index contributed by atoms with van der Waals surface area (Å²) < 4.78 is 7.44. The van der Waals surface area contributed by atoms with Gasteiger partial charge in [-0.25, -0.2) is 4.68 Å². The van der Waals surface area contributed by atoms with Crippen molar-refractivity contribution in [1.29, 1.82) is 0 Å². The standard InChI is InChI=1S/C23H22ClN3O2S/c24-17-6-8-18(9-7-17)27-21(19-14-30-15-20(19)26-27)25-22(28)23(10-12-29-13-11-23)16-4-2-1-3-5-16/h1-9H,10-15H2,(H,25,28). The van der Waals surface area contributed by atoms with E-state index in [9.17, 15) is 4.79 Å². The third-order valence-electron chi connectivity index (χ3n) is 5.96. The molecule has 30 heavy (non-hydrogen) atoms. The largest absolute Gasteiger partial charge is 0.381 e. The van der Waals surface area contributed by atoms with Crippen molar-refractivity contribution in [2.45, 2.75) is 29.8 Å². The van der Waals surface area contributed by atoms with E-state index in [2.05, 4.69) is 5.32 Å². The lowest BCUT2D eigenvalue weighted by molar-refractivity contribution is -0.125. The number of halogens is 1. The molecule has 0 unspecified atom stereocenters. The molecule has 0 atom stereocenters. The number of amides is 1. The van der Waals surface area contributed by atoms with Crippen LogP contribution in [0.15, 0.2) is 54.6 Å². The van der Waals surface area contributed by atoms with Gasteiger partial charge in [-0.15, -0.1) is 0 Å². The zero-order chi connectivity index (χ0) is 20.6. The van der Waals surface area contributed by atoms with Gasteiger partial charge in [-0.3, -0.25) is 4.79 Å². The number of carbonyl (C=O) groups is 1. The Balaban J connectivity index is 1.55. The first-order valence-corrected chi connectivity index (χ1v) is 11.6. The van der Waals surface area contributed by atoms with Gasteiger partial charge in [-0.1, -0.05) is 41.9 Å². The second-order valence-corrected chi connectivity index (χ2v) is 9.09. The number of rotatable bonds is 4. The number of thioether (sulfide) groups is 1. The minimum atomic E-state index is -0.604. The van der Waals surface area contributed by atoms with Crippen LogP contribution in [-0.4, -0.2) is 28.9 Å². The summed E-state index contributed by atoms with van der Waals surface area (Å²) in [6, 6.07) is 17.6. The van der Waals surface area contributed by atoms with Gasteiger partial charge in [0.1, 0.15) is 5.82 Å². The molecule has 2 aliphatic rings. The fraction of sp³-hybridized carbons (Fsp3) is 0.304. The lowest BCUT2D eigenvalue weighted by Crippen LogP contribution is -2.45. The molecule has 0 aliphatic carbocycles. The number of benzene rings is 2. The Morgan fingerprint density at radius 1 is 1.07 bits per heavy atom. The van der Waals surface area contributed by atoms with Crippen molar-refractivity contribution >= 4 is 35.1 Å². The zero-order valence-electron chi connectivity index (χ0n) is 16.4. The summed E-state index contributed by atoms with van der Waals surface area (Å²) in [5.74, 6) is 2.48. The molecule has 2 aromatic carbocycles. The second kappa shape index (κ2) is 8.10. The van der Waals surface area contributed by atoms with Gasteiger partial charge in [0, 0.05) is 35.3 Å². The Labute approximate surface area is 184 Å². The van der Waals surface area contributed by atoms with E-state index >= 15 is 0 Å². The Morgan fingerprint density at radius 3 is 2.53 bits per heavy atom. The Kier molecular flexibility index (Phi) is 5.31. The first-order chi connectivity index (χ1) is 14.7. The molecular formula is C23H22ClN3O2S. The molecule has 5 rings (SSSR count). The van der Waals surface area contributed by atoms with Crippen LogP contribution >= 0.6 is 23.4 Å². The Bertz CT molecular complexity index is 1060. The van der Waals surface area contributed by atoms with E-state index in [4.69, 9.17) is 21.4 Å². The minimum absolute atomic E-state index is 0.00631. The summed E-state index contributed by atoms with van der Waals surface area (Å²) in [4.78, 5) is 13.8. The quantitative estimate of drug-likeness (QED) is 0.624. The van der Waals surface area contributed by atoms with E-state index in [0.717, 1.165) is 39.8 Å². The number of carbonyl (C=O) groups excluding carboxylic acids is 1. The number of hydrogen-bond acceptors (Lipinski definition) is 4. The Hall–Kier alpha value is -2.28. The highest BCUT2D eigenvalue weighted by Crippen LogP contribution is 2.39. The molecule has 1 aromatic heterocycles. The van der Waals surface area contributed by atoms with Crippen LogP contribution in [0.1, 0.15) is 29.7 Å². The van der Waals surface area contributed by atoms with Crippen molar-refractivity contribution < 1.29 is 9.53 Å². The van der Waals surface area contributed by atoms with Crippen LogP contribution in [0.25, 0.3) is 5.69 Å². The predicted octanol–water partition coefficient (Wildman–Crippen LogP) is 4.96. The molecule has 3 heterocycles. The highest BCUT2D eigenvalue weighted by Gasteiger charge is 2.42. The van der Waals surface area contributed by atoms with E-state index < -0.39 is 5.41 Å². The van der Waals surface area contributed by atoms with Crippen LogP contribution < -0.4 is 5.32 Å². The molecule has 2 aliphatic heterocycles. The molecule has 154 valence electrons. The smallest absolute Gasteiger partial charge is 0.236 e. The average Bonchev–Trinajstić information content (AvgIpc) is 3.38. The van der Waals surface area contributed by atoms with Gasteiger partial charge in [0.25, 0.3) is 0 Å². The van der Waals surface area contributed by atoms with Crippen molar-refractivity contribution in [2.24, 2.45) is 0 Å². The van der Waals surface area contributed by atoms with Crippen molar-refractivity contribution in [3.05, 3.63) is 76.4 Å². The highest BCUT2D eigenvalue weighted by molar-refractivity contribution is 7.98. The van der Waals surface area contributed by atoms with Crippen LogP contribution in [0.2, 0.25) is 5.02 Å². The number of fused-ring (bicyclic) bond motifs is 1. The van der Waals surface area contributed by atoms with Crippen molar-refractivity contribution in [1.82, 2.24) is 9.78 Å². The Morgan fingerprint density at radius 2 is 1.80 bits per heavy atom. The maximum atomic E-state index is 13.8. The van der Waals surface area contributed by atoms with E-state index in [1.54, 1.807) is 0 Å². The van der Waals surface area contributed by atoms with E-state index in [1.807, 2.05) is 71.0 Å². The normalized spacial score (nSPS) is 17.5. The molecule has 7 heteroatoms. The summed E-state index contributed by atoms with van der Waals surface area (Å²) in [6.45, 7) is 1.15. The van der Waals surface area contributed by atoms with Gasteiger partial charge in [0.15, 0.2) is 0 Å². The molecule has 1 N–H and O–H groups in total. The minimum Gasteiger partial charge on any atom is -0.381 e. The summed E-state index contributed by atoms with van der Waals surface area (Å²) in [5, 5.41) is 8.74. The molecule has 1 amide bonds. The summed E-state index contributed by atoms with van der Waals surface area (Å²) in [6.07, 6.45) is 1.32. The molecule has 0 radical (unpaired) electrons. The average molecular weight is 440 g/mol. The van der Waals surface area contributed by atoms with Crippen LogP contribution in [0.5, 0.6) is 0 Å². The number of ether oxygens (including phenoxy) is 1. The lowest BCUT2D eigenvalue weighted by atomic mass is 9.73. The monoisotopic (exact) mass is 439 g/mol. The van der Waals surface area contributed by atoms with Crippen LogP contribution in [0.4, 0.5) is 5.82 Å². The van der Waals surface area contributed by atoms with E-state index in [1.165, 1.54) is 0 Å². The predicted molar refractivity (Wildman–Crippen MR) is 120 cm³/mol. The molecule has 1 fully saturated rings. The first-order valence-electron chi connectivity index (χ1n) is 10.1. The molecule has 0 bridgehead atoms. The van der Waals surface area contributed by atoms with Crippen LogP contribution in [-0.2, 0) is 26.5 Å². The van der Waals surface area contributed by atoms with Crippen LogP contribution in [0, 0.1) is 0 Å². The molecular weight excluding hydrogens is 418 g/mol. The number of nitrogens with zero attached hydrogens (tertiary/aromatic N) is 2. The summed E-state index contributed by atoms with van der Waals surface area (Å²) in [5.41, 5.74) is 3.46. The summed E-state index contributed by atoms with van der Waals surface area (Å²) >= 11 is 7.89. The van der Waals surface area contributed by atoms with Gasteiger partial charge in [-0.2, -0.15) is 16.9 Å². The molecule has 5 nitrogen and oxygen atoms in total. The molecule has 1 saturated heterocycles. The number of anilines is 1. The third kappa shape index (κ3) is 3.43. The van der Waals surface area contributed by atoms with Gasteiger partial charge in [-0.05, 0) is 42.7 Å². The van der Waals surface area contributed by atoms with Gasteiger partial charge < -0.3 is 10.1 Å².